The summed E-state index contributed by atoms with van der Waals surface area (Å²) in [4.78, 5) is 49.3. The molecule has 0 saturated carbocycles. The van der Waals surface area contributed by atoms with Gasteiger partial charge in [0.2, 0.25) is 0 Å². The van der Waals surface area contributed by atoms with E-state index in [9.17, 15) is 19.2 Å². The van der Waals surface area contributed by atoms with Gasteiger partial charge in [0.15, 0.2) is 17.3 Å². The van der Waals surface area contributed by atoms with Gasteiger partial charge in [-0.2, -0.15) is 0 Å². The van der Waals surface area contributed by atoms with Crippen LogP contribution in [0.2, 0.25) is 10.0 Å². The van der Waals surface area contributed by atoms with Crippen molar-refractivity contribution in [3.05, 3.63) is 33.8 Å². The third-order valence-electron chi connectivity index (χ3n) is 3.43. The first-order chi connectivity index (χ1) is 10.4. The van der Waals surface area contributed by atoms with E-state index >= 15 is 0 Å². The number of carbonyl (C=O) groups excluding carboxylic acids is 4. The fourth-order valence-corrected chi connectivity index (χ4v) is 2.94. The number of benzene rings is 1. The predicted octanol–water partition coefficient (Wildman–Crippen LogP) is 2.33. The number of hydrogen-bond acceptors (Lipinski definition) is 4. The number of carbonyl (C=O) groups is 4. The minimum Gasteiger partial charge on any atom is -0.314 e. The highest BCUT2D eigenvalue weighted by Crippen LogP contribution is 2.28. The minimum atomic E-state index is -1.25. The summed E-state index contributed by atoms with van der Waals surface area (Å²) in [6.07, 6.45) is -0.249. The van der Waals surface area contributed by atoms with Crippen LogP contribution in [0.5, 0.6) is 0 Å². The summed E-state index contributed by atoms with van der Waals surface area (Å²) >= 11 is 12.0. The number of Topliss-reactive ketones (excluding diaryl/α,β-unsaturated/α-hetero) is 3. The number of likely N-dealkylation sites (tertiary alicyclic amines) is 1. The number of ketones is 3. The van der Waals surface area contributed by atoms with Gasteiger partial charge in [-0.15, -0.1) is 0 Å². The summed E-state index contributed by atoms with van der Waals surface area (Å²) in [5.41, 5.74) is -0.0118. The summed E-state index contributed by atoms with van der Waals surface area (Å²) in [7, 11) is 0. The number of hydrogen-bond donors (Lipinski definition) is 0. The second-order valence-electron chi connectivity index (χ2n) is 4.93. The Labute approximate surface area is 137 Å². The molecular weight excluding hydrogens is 329 g/mol. The fourth-order valence-electron chi connectivity index (χ4n) is 2.38. The van der Waals surface area contributed by atoms with Crippen molar-refractivity contribution < 1.29 is 19.2 Å². The van der Waals surface area contributed by atoms with Crippen LogP contribution in [0.4, 0.5) is 0 Å². The largest absolute Gasteiger partial charge is 0.314 e. The van der Waals surface area contributed by atoms with Crippen LogP contribution in [0, 0.1) is 0 Å². The molecule has 1 heterocycles. The molecule has 0 spiro atoms. The quantitative estimate of drug-likeness (QED) is 0.791. The van der Waals surface area contributed by atoms with Crippen molar-refractivity contribution in [3.63, 3.8) is 0 Å². The van der Waals surface area contributed by atoms with E-state index in [0.29, 0.717) is 0 Å². The molecule has 1 saturated heterocycles. The summed E-state index contributed by atoms with van der Waals surface area (Å²) < 4.78 is 0. The van der Waals surface area contributed by atoms with Crippen molar-refractivity contribution in [1.29, 1.82) is 0 Å². The van der Waals surface area contributed by atoms with Gasteiger partial charge < -0.3 is 4.90 Å². The lowest BCUT2D eigenvalue weighted by atomic mass is 9.94. The molecule has 1 unspecified atom stereocenters. The maximum absolute atomic E-state index is 12.7. The van der Waals surface area contributed by atoms with E-state index in [2.05, 4.69) is 0 Å². The highest BCUT2D eigenvalue weighted by molar-refractivity contribution is 6.40. The molecule has 0 radical (unpaired) electrons. The number of amides is 1. The van der Waals surface area contributed by atoms with Crippen LogP contribution in [-0.2, 0) is 14.4 Å². The summed E-state index contributed by atoms with van der Waals surface area (Å²) in [6, 6.07) is 3.28. The van der Waals surface area contributed by atoms with Crippen molar-refractivity contribution in [2.45, 2.75) is 25.8 Å². The van der Waals surface area contributed by atoms with Crippen LogP contribution in [0.25, 0.3) is 0 Å². The lowest BCUT2D eigenvalue weighted by molar-refractivity contribution is -0.140. The zero-order chi connectivity index (χ0) is 16.4. The van der Waals surface area contributed by atoms with Crippen molar-refractivity contribution >= 4 is 46.5 Å². The average molecular weight is 342 g/mol. The first-order valence-corrected chi connectivity index (χ1v) is 7.44. The van der Waals surface area contributed by atoms with Crippen LogP contribution in [-0.4, -0.2) is 40.7 Å². The van der Waals surface area contributed by atoms with E-state index in [4.69, 9.17) is 23.2 Å². The fraction of sp³-hybridized carbons (Fsp3) is 0.333. The van der Waals surface area contributed by atoms with Gasteiger partial charge in [0, 0.05) is 6.42 Å². The average Bonchev–Trinajstić information content (AvgIpc) is 2.45. The molecule has 1 amide bonds. The molecule has 1 aromatic rings. The standard InChI is InChI=1S/C15H13Cl2NO4/c1-2-11(20)14-12(21)6-8(19)7-18(14)15(22)13-9(16)4-3-5-10(13)17/h3-5,14H,2,6-7H2,1H3. The smallest absolute Gasteiger partial charge is 0.258 e. The number of nitrogens with zero attached hydrogens (tertiary/aromatic N) is 1. The third kappa shape index (κ3) is 3.05. The number of halogens is 2. The van der Waals surface area contributed by atoms with Crippen molar-refractivity contribution in [3.8, 4) is 0 Å². The van der Waals surface area contributed by atoms with E-state index in [-0.39, 0.29) is 35.0 Å². The second kappa shape index (κ2) is 6.58. The maximum Gasteiger partial charge on any atom is 0.258 e. The summed E-state index contributed by atoms with van der Waals surface area (Å²) in [5.74, 6) is -2.08. The predicted molar refractivity (Wildman–Crippen MR) is 81.2 cm³/mol. The van der Waals surface area contributed by atoms with Gasteiger partial charge in [-0.25, -0.2) is 0 Å². The molecule has 22 heavy (non-hydrogen) atoms. The van der Waals surface area contributed by atoms with Crippen molar-refractivity contribution in [2.75, 3.05) is 6.54 Å². The zero-order valence-corrected chi connectivity index (χ0v) is 13.3. The molecule has 1 fully saturated rings. The first-order valence-electron chi connectivity index (χ1n) is 6.69. The van der Waals surface area contributed by atoms with E-state index in [1.807, 2.05) is 0 Å². The second-order valence-corrected chi connectivity index (χ2v) is 5.75. The molecule has 0 aliphatic carbocycles. The molecular formula is C15H13Cl2NO4. The molecule has 1 aliphatic heterocycles. The molecule has 1 aliphatic rings. The molecule has 5 nitrogen and oxygen atoms in total. The zero-order valence-electron chi connectivity index (χ0n) is 11.8. The van der Waals surface area contributed by atoms with Crippen LogP contribution >= 0.6 is 23.2 Å². The van der Waals surface area contributed by atoms with Crippen LogP contribution in [0.15, 0.2) is 18.2 Å². The number of rotatable bonds is 3. The molecule has 2 rings (SSSR count). The van der Waals surface area contributed by atoms with Gasteiger partial charge in [-0.1, -0.05) is 36.2 Å². The summed E-state index contributed by atoms with van der Waals surface area (Å²) in [6.45, 7) is 1.29. The van der Waals surface area contributed by atoms with E-state index < -0.39 is 29.3 Å². The normalized spacial score (nSPS) is 18.5. The first kappa shape index (κ1) is 16.6. The molecule has 7 heteroatoms. The Kier molecular flexibility index (Phi) is 4.98. The molecule has 116 valence electrons. The Morgan fingerprint density at radius 1 is 1.23 bits per heavy atom. The van der Waals surface area contributed by atoms with E-state index in [1.165, 1.54) is 12.1 Å². The van der Waals surface area contributed by atoms with Gasteiger partial charge in [-0.3, -0.25) is 19.2 Å². The number of piperidine rings is 1. The molecule has 0 bridgehead atoms. The van der Waals surface area contributed by atoms with Crippen LogP contribution < -0.4 is 0 Å². The highest BCUT2D eigenvalue weighted by Gasteiger charge is 2.41. The lowest BCUT2D eigenvalue weighted by Crippen LogP contribution is -2.56. The topological polar surface area (TPSA) is 71.5 Å². The van der Waals surface area contributed by atoms with Crippen LogP contribution in [0.3, 0.4) is 0 Å². The van der Waals surface area contributed by atoms with Crippen molar-refractivity contribution in [2.24, 2.45) is 0 Å². The molecule has 1 aromatic carbocycles. The lowest BCUT2D eigenvalue weighted by Gasteiger charge is -2.33. The van der Waals surface area contributed by atoms with Gasteiger partial charge >= 0.3 is 0 Å². The van der Waals surface area contributed by atoms with E-state index in [0.717, 1.165) is 4.90 Å². The van der Waals surface area contributed by atoms with Crippen LogP contribution in [0.1, 0.15) is 30.1 Å². The maximum atomic E-state index is 12.7. The molecule has 0 aromatic heterocycles. The van der Waals surface area contributed by atoms with Gasteiger partial charge in [-0.05, 0) is 12.1 Å². The Morgan fingerprint density at radius 2 is 1.82 bits per heavy atom. The Balaban J connectivity index is 2.46. The summed E-state index contributed by atoms with van der Waals surface area (Å²) in [5, 5.41) is 0.205. The highest BCUT2D eigenvalue weighted by atomic mass is 35.5. The Hall–Kier alpha value is -1.72. The monoisotopic (exact) mass is 341 g/mol. The Morgan fingerprint density at radius 3 is 2.36 bits per heavy atom. The van der Waals surface area contributed by atoms with E-state index in [1.54, 1.807) is 13.0 Å². The van der Waals surface area contributed by atoms with Gasteiger partial charge in [0.1, 0.15) is 6.04 Å². The molecule has 1 atom stereocenters. The van der Waals surface area contributed by atoms with Gasteiger partial charge in [0.05, 0.1) is 28.6 Å². The SMILES string of the molecule is CCC(=O)C1C(=O)CC(=O)CN1C(=O)c1c(Cl)cccc1Cl. The van der Waals surface area contributed by atoms with Crippen molar-refractivity contribution in [1.82, 2.24) is 4.90 Å². The minimum absolute atomic E-state index is 0.0118. The van der Waals surface area contributed by atoms with Gasteiger partial charge in [0.25, 0.3) is 5.91 Å². The Bertz CT molecular complexity index is 651. The third-order valence-corrected chi connectivity index (χ3v) is 4.06. The molecule has 0 N–H and O–H groups in total.